The number of ether oxygens (including phenoxy) is 6. The largest absolute Gasteiger partial charge is 0.507 e. The number of hydrogen-bond donors (Lipinski definition) is 10. The molecule has 0 radical (unpaired) electrons. The third-order valence-electron chi connectivity index (χ3n) is 16.0. The monoisotopic (exact) mass is 1120 g/mol. The van der Waals surface area contributed by atoms with Crippen molar-refractivity contribution in [3.63, 3.8) is 0 Å². The van der Waals surface area contributed by atoms with Gasteiger partial charge in [0, 0.05) is 71.9 Å². The summed E-state index contributed by atoms with van der Waals surface area (Å²) in [5.74, 6) is -7.56. The first-order valence-electron chi connectivity index (χ1n) is 24.6. The van der Waals surface area contributed by atoms with E-state index in [2.05, 4.69) is 10.9 Å². The van der Waals surface area contributed by atoms with Gasteiger partial charge in [-0.3, -0.25) is 39.6 Å². The molecule has 0 bridgehead atoms. The average molecular weight is 1130 g/mol. The fraction of sp³-hybridized carbons (Fsp3) is 0.444. The van der Waals surface area contributed by atoms with Crippen LogP contribution in [0.1, 0.15) is 152 Å². The number of aliphatic hydroxyl groups excluding tert-OH is 2. The number of carbonyl (C=O) groups is 6. The van der Waals surface area contributed by atoms with E-state index in [-0.39, 0.29) is 93.7 Å². The summed E-state index contributed by atoms with van der Waals surface area (Å²) < 4.78 is 35.7. The zero-order valence-corrected chi connectivity index (χ0v) is 44.4. The van der Waals surface area contributed by atoms with Crippen LogP contribution in [0.25, 0.3) is 0 Å². The van der Waals surface area contributed by atoms with Gasteiger partial charge < -0.3 is 69.3 Å². The molecule has 10 N–H and O–H groups in total. The summed E-state index contributed by atoms with van der Waals surface area (Å²) in [4.78, 5) is 82.3. The molecule has 2 saturated heterocycles. The first kappa shape index (κ1) is 58.0. The maximum atomic E-state index is 14.1. The second kappa shape index (κ2) is 21.2. The van der Waals surface area contributed by atoms with Gasteiger partial charge in [-0.2, -0.15) is 0 Å². The van der Waals surface area contributed by atoms with Crippen LogP contribution in [0.4, 0.5) is 0 Å². The number of aliphatic hydroxyl groups is 4. The van der Waals surface area contributed by atoms with E-state index in [1.807, 2.05) is 0 Å². The summed E-state index contributed by atoms with van der Waals surface area (Å²) in [6.07, 6.45) is -12.4. The Bertz CT molecular complexity index is 3000. The molecule has 0 amide bonds. The van der Waals surface area contributed by atoms with Crippen LogP contribution < -0.4 is 20.3 Å². The molecule has 0 spiro atoms. The number of aromatic hydroxyl groups is 4. The zero-order chi connectivity index (χ0) is 54.8. The number of hydrazine groups is 1. The molecule has 4 aromatic carbocycles. The molecule has 6 aliphatic rings. The predicted molar refractivity (Wildman–Crippen MR) is 273 cm³/mol. The lowest BCUT2D eigenvalue weighted by Crippen LogP contribution is -2.63. The van der Waals surface area contributed by atoms with E-state index < -0.39 is 178 Å². The highest BCUT2D eigenvalue weighted by Gasteiger charge is 2.52. The molecule has 2 heterocycles. The molecule has 10 rings (SSSR count). The molecule has 0 saturated carbocycles. The molecule has 22 nitrogen and oxygen atoms in total. The first-order chi connectivity index (χ1) is 35.9. The smallest absolute Gasteiger partial charge is 0.202 e. The number of nitrogens with one attached hydrogen (secondary N) is 2. The minimum Gasteiger partial charge on any atom is -0.507 e. The van der Waals surface area contributed by atoms with E-state index >= 15 is 0 Å². The molecular formula is C54H58Cl2N2O20. The van der Waals surface area contributed by atoms with E-state index in [4.69, 9.17) is 28.4 Å². The Morgan fingerprint density at radius 2 is 0.910 bits per heavy atom. The summed E-state index contributed by atoms with van der Waals surface area (Å²) in [5.41, 5.74) is -1.67. The molecule has 8 unspecified atom stereocenters. The van der Waals surface area contributed by atoms with Gasteiger partial charge in [0.15, 0.2) is 35.7 Å². The van der Waals surface area contributed by atoms with Crippen molar-refractivity contribution in [1.29, 1.82) is 0 Å². The Balaban J connectivity index is 0.00000401. The van der Waals surface area contributed by atoms with E-state index in [0.717, 1.165) is 13.8 Å². The lowest BCUT2D eigenvalue weighted by molar-refractivity contribution is -0.256. The number of rotatable bonds is 11. The predicted octanol–water partition coefficient (Wildman–Crippen LogP) is 3.09. The SMILES string of the molecule is COc1cccc2c1C(=O)c1c(O)c3c(c(O)c1C2=O)C[C@@](O)(C(C)=O)C[C@@H]3OC1CC(NNC2CC(O[C@H]3C[C@](O)(C(C)=O)Cc4c(O)c5c(c(O)c43)C(=O)c3c(OC)cccc3C5=O)OC(C)C2O)C(O)C(C)O1.Cl.Cl. The van der Waals surface area contributed by atoms with Crippen LogP contribution in [0, 0.1) is 0 Å². The Kier molecular flexibility index (Phi) is 15.7. The van der Waals surface area contributed by atoms with Gasteiger partial charge in [-0.1, -0.05) is 24.3 Å². The number of methoxy groups -OCH3 is 2. The van der Waals surface area contributed by atoms with Crippen LogP contribution in [-0.2, 0) is 41.4 Å². The van der Waals surface area contributed by atoms with Crippen molar-refractivity contribution in [3.05, 3.63) is 103 Å². The van der Waals surface area contributed by atoms with Crippen molar-refractivity contribution in [2.45, 2.75) is 139 Å². The molecule has 4 aliphatic carbocycles. The molecule has 2 fully saturated rings. The minimum atomic E-state index is -2.19. The van der Waals surface area contributed by atoms with Gasteiger partial charge in [-0.05, 0) is 39.8 Å². The molecule has 12 atom stereocenters. The molecule has 2 aliphatic heterocycles. The molecular weight excluding hydrogens is 1070 g/mol. The Labute approximate surface area is 457 Å². The summed E-state index contributed by atoms with van der Waals surface area (Å²) in [5, 5.41) is 93.8. The van der Waals surface area contributed by atoms with Gasteiger partial charge in [0.05, 0.1) is 96.3 Å². The quantitative estimate of drug-likeness (QED) is 0.0658. The van der Waals surface area contributed by atoms with E-state index in [0.29, 0.717) is 0 Å². The number of carbonyl (C=O) groups excluding carboxylic acids is 6. The molecule has 78 heavy (non-hydrogen) atoms. The maximum absolute atomic E-state index is 14.1. The summed E-state index contributed by atoms with van der Waals surface area (Å²) in [6, 6.07) is 6.71. The van der Waals surface area contributed by atoms with Gasteiger partial charge in [0.1, 0.15) is 45.7 Å². The number of halogens is 2. The van der Waals surface area contributed by atoms with Gasteiger partial charge in [0.2, 0.25) is 11.6 Å². The number of phenolic OH excluding ortho intramolecular Hbond substituents is 4. The third kappa shape index (κ3) is 9.10. The van der Waals surface area contributed by atoms with Crippen molar-refractivity contribution < 1.29 is 98.0 Å². The van der Waals surface area contributed by atoms with Crippen molar-refractivity contribution in [2.75, 3.05) is 14.2 Å². The average Bonchev–Trinajstić information content (AvgIpc) is 3.42. The van der Waals surface area contributed by atoms with Crippen molar-refractivity contribution in [1.82, 2.24) is 10.9 Å². The fourth-order valence-electron chi connectivity index (χ4n) is 11.7. The Morgan fingerprint density at radius 1 is 0.564 bits per heavy atom. The van der Waals surface area contributed by atoms with Gasteiger partial charge in [-0.25, -0.2) is 0 Å². The minimum absolute atomic E-state index is 0. The Morgan fingerprint density at radius 3 is 1.24 bits per heavy atom. The number of hydrogen-bond acceptors (Lipinski definition) is 22. The van der Waals surface area contributed by atoms with Crippen molar-refractivity contribution >= 4 is 59.5 Å². The van der Waals surface area contributed by atoms with Crippen LogP contribution >= 0.6 is 24.8 Å². The normalized spacial score (nSPS) is 29.8. The van der Waals surface area contributed by atoms with E-state index in [1.54, 1.807) is 0 Å². The number of phenols is 4. The maximum Gasteiger partial charge on any atom is 0.202 e. The third-order valence-corrected chi connectivity index (χ3v) is 16.0. The van der Waals surface area contributed by atoms with E-state index in [1.165, 1.54) is 64.5 Å². The number of Topliss-reactive ketones (excluding diaryl/α,β-unsaturated/α-hetero) is 2. The van der Waals surface area contributed by atoms with Crippen LogP contribution in [0.5, 0.6) is 34.5 Å². The number of benzene rings is 4. The summed E-state index contributed by atoms with van der Waals surface area (Å²) in [7, 11) is 2.60. The van der Waals surface area contributed by atoms with Gasteiger partial charge in [0.25, 0.3) is 0 Å². The topological polar surface area (TPSA) is 344 Å². The highest BCUT2D eigenvalue weighted by molar-refractivity contribution is 6.32. The number of fused-ring (bicyclic) bond motifs is 6. The summed E-state index contributed by atoms with van der Waals surface area (Å²) >= 11 is 0. The summed E-state index contributed by atoms with van der Waals surface area (Å²) in [6.45, 7) is 5.32. The van der Waals surface area contributed by atoms with Crippen LogP contribution in [0.15, 0.2) is 36.4 Å². The second-order valence-electron chi connectivity index (χ2n) is 20.4. The van der Waals surface area contributed by atoms with Crippen molar-refractivity contribution in [2.24, 2.45) is 0 Å². The highest BCUT2D eigenvalue weighted by atomic mass is 35.5. The molecule has 418 valence electrons. The molecule has 0 aromatic heterocycles. The van der Waals surface area contributed by atoms with Crippen LogP contribution in [-0.4, -0.2) is 150 Å². The Hall–Kier alpha value is -6.12. The lowest BCUT2D eigenvalue weighted by Gasteiger charge is -2.44. The van der Waals surface area contributed by atoms with Gasteiger partial charge >= 0.3 is 0 Å². The molecule has 24 heteroatoms. The fourth-order valence-corrected chi connectivity index (χ4v) is 11.7. The van der Waals surface area contributed by atoms with E-state index in [9.17, 15) is 69.6 Å². The zero-order valence-electron chi connectivity index (χ0n) is 42.8. The first-order valence-corrected chi connectivity index (χ1v) is 24.6. The van der Waals surface area contributed by atoms with Crippen molar-refractivity contribution in [3.8, 4) is 34.5 Å². The van der Waals surface area contributed by atoms with Crippen LogP contribution in [0.2, 0.25) is 0 Å². The van der Waals surface area contributed by atoms with Crippen LogP contribution in [0.3, 0.4) is 0 Å². The lowest BCUT2D eigenvalue weighted by atomic mass is 9.72. The molecule has 4 aromatic rings. The second-order valence-corrected chi connectivity index (χ2v) is 20.4. The standard InChI is InChI=1S/C54H56N2O20.2ClH/c1-19-43(59)27(13-33(73-19)75-31-17-53(69,21(3)57)15-25-37(31)51(67)41-39(47(25)63)45(61)23-9-7-11-29(71-5)35(23)49(41)65)55-56-28-14-34(74-20(2)44(28)60)76-32-18-54(70,22(4)58)16-26-38(32)52(68)42-40(48(26)64)46(62)24-10-8-12-30(72-6)36(24)50(42)66;;/h7-12,19-20,27-28,31-34,43-44,55-56,59-60,63-64,67-70H,13-18H2,1-6H3;2*1H/t19?,20?,27?,28?,31-,32-,33?,34?,43?,44?,53-,54-;;/m0../s1. The number of ketones is 6. The van der Waals surface area contributed by atoms with Gasteiger partial charge in [-0.15, -0.1) is 24.8 Å². The highest BCUT2D eigenvalue weighted by Crippen LogP contribution is 2.55.